The van der Waals surface area contributed by atoms with Gasteiger partial charge in [0, 0.05) is 18.6 Å². The maximum Gasteiger partial charge on any atom is 0.472 e. The molecule has 10 nitrogen and oxygen atoms in total. The summed E-state index contributed by atoms with van der Waals surface area (Å²) in [7, 11) is -4.09. The van der Waals surface area contributed by atoms with Crippen LogP contribution in [0.15, 0.2) is 73.8 Å². The molecule has 0 amide bonds. The highest BCUT2D eigenvalue weighted by Crippen LogP contribution is 2.43. The Balaban J connectivity index is 0.00000110. The standard InChI is InChI=1S/C34H43O8P.C5H8O2/c1-3-29-17-9-11-19-31(29)21-23-33(35)39-25-13-5-7-15-27-41-43(37,38)42-28-16-8-6-14-26-40-34(36)24-22-32-20-12-10-18-30(32)4-2;6-5-3-1-2-4-7-5/h3-4,9-12,17-24H,1-2,5-8,13-16,25-28H2,(H,37,38);1-4H2. The van der Waals surface area contributed by atoms with Crippen LogP contribution in [0.5, 0.6) is 0 Å². The predicted molar refractivity (Wildman–Crippen MR) is 197 cm³/mol. The normalized spacial score (nSPS) is 13.9. The van der Waals surface area contributed by atoms with E-state index in [9.17, 15) is 23.8 Å². The number of hydrogen-bond acceptors (Lipinski definition) is 9. The zero-order valence-electron chi connectivity index (χ0n) is 28.9. The van der Waals surface area contributed by atoms with Crippen molar-refractivity contribution >= 4 is 50.0 Å². The highest BCUT2D eigenvalue weighted by Gasteiger charge is 2.20. The van der Waals surface area contributed by atoms with Crippen molar-refractivity contribution in [3.05, 3.63) is 96.1 Å². The van der Waals surface area contributed by atoms with Crippen molar-refractivity contribution in [2.24, 2.45) is 0 Å². The van der Waals surface area contributed by atoms with Crippen LogP contribution >= 0.6 is 7.82 Å². The average molecular weight is 711 g/mol. The van der Waals surface area contributed by atoms with E-state index in [0.29, 0.717) is 51.9 Å². The lowest BCUT2D eigenvalue weighted by molar-refractivity contribution is -0.146. The average Bonchev–Trinajstić information content (AvgIpc) is 3.12. The molecule has 0 saturated carbocycles. The van der Waals surface area contributed by atoms with Gasteiger partial charge in [-0.05, 0) is 85.8 Å². The lowest BCUT2D eigenvalue weighted by atomic mass is 10.1. The molecule has 1 aliphatic rings. The Hall–Kier alpha value is -4.08. The number of ether oxygens (including phenoxy) is 3. The van der Waals surface area contributed by atoms with Crippen LogP contribution in [0.3, 0.4) is 0 Å². The molecule has 0 unspecified atom stereocenters. The number of esters is 3. The summed E-state index contributed by atoms with van der Waals surface area (Å²) < 4.78 is 37.1. The van der Waals surface area contributed by atoms with Gasteiger partial charge in [-0.1, -0.05) is 86.7 Å². The number of hydrogen-bond donors (Lipinski definition) is 1. The molecule has 1 N–H and O–H groups in total. The van der Waals surface area contributed by atoms with Crippen LogP contribution in [0.2, 0.25) is 0 Å². The van der Waals surface area contributed by atoms with E-state index in [1.54, 1.807) is 24.3 Å². The number of cyclic esters (lactones) is 1. The minimum absolute atomic E-state index is 0.0359. The van der Waals surface area contributed by atoms with Gasteiger partial charge in [-0.15, -0.1) is 0 Å². The van der Waals surface area contributed by atoms with Gasteiger partial charge in [0.15, 0.2) is 0 Å². The van der Waals surface area contributed by atoms with Crippen molar-refractivity contribution in [2.75, 3.05) is 33.0 Å². The third-order valence-electron chi connectivity index (χ3n) is 7.34. The molecule has 0 atom stereocenters. The van der Waals surface area contributed by atoms with Gasteiger partial charge < -0.3 is 19.1 Å². The fourth-order valence-electron chi connectivity index (χ4n) is 4.60. The molecule has 272 valence electrons. The Bertz CT molecular complexity index is 1350. The minimum atomic E-state index is -4.09. The maximum absolute atomic E-state index is 12.0. The summed E-state index contributed by atoms with van der Waals surface area (Å²) in [5.74, 6) is -0.844. The van der Waals surface area contributed by atoms with Crippen molar-refractivity contribution in [1.82, 2.24) is 0 Å². The Morgan fingerprint density at radius 3 is 1.46 bits per heavy atom. The molecule has 0 bridgehead atoms. The molecule has 0 aliphatic carbocycles. The smallest absolute Gasteiger partial charge is 0.466 e. The van der Waals surface area contributed by atoms with E-state index in [0.717, 1.165) is 60.8 Å². The molecule has 0 radical (unpaired) electrons. The van der Waals surface area contributed by atoms with Crippen LogP contribution in [-0.4, -0.2) is 55.8 Å². The van der Waals surface area contributed by atoms with Crippen molar-refractivity contribution in [2.45, 2.75) is 70.6 Å². The highest BCUT2D eigenvalue weighted by molar-refractivity contribution is 7.47. The second-order valence-electron chi connectivity index (χ2n) is 11.3. The minimum Gasteiger partial charge on any atom is -0.466 e. The topological polar surface area (TPSA) is 135 Å². The van der Waals surface area contributed by atoms with Gasteiger partial charge in [-0.25, -0.2) is 14.2 Å². The molecule has 0 aromatic heterocycles. The van der Waals surface area contributed by atoms with Gasteiger partial charge in [0.1, 0.15) is 0 Å². The third kappa shape index (κ3) is 19.8. The quantitative estimate of drug-likeness (QED) is 0.0415. The van der Waals surface area contributed by atoms with Gasteiger partial charge >= 0.3 is 25.7 Å². The first-order valence-electron chi connectivity index (χ1n) is 17.1. The summed E-state index contributed by atoms with van der Waals surface area (Å²) in [6.07, 6.45) is 18.1. The molecule has 1 aliphatic heterocycles. The summed E-state index contributed by atoms with van der Waals surface area (Å²) in [5, 5.41) is 0. The largest absolute Gasteiger partial charge is 0.472 e. The van der Waals surface area contributed by atoms with E-state index in [4.69, 9.17) is 18.5 Å². The van der Waals surface area contributed by atoms with Crippen molar-refractivity contribution in [1.29, 1.82) is 0 Å². The zero-order chi connectivity index (χ0) is 36.3. The second kappa shape index (κ2) is 25.8. The fourth-order valence-corrected chi connectivity index (χ4v) is 5.39. The highest BCUT2D eigenvalue weighted by atomic mass is 31.2. The van der Waals surface area contributed by atoms with Crippen molar-refractivity contribution in [3.8, 4) is 0 Å². The van der Waals surface area contributed by atoms with Gasteiger partial charge in [-0.3, -0.25) is 13.8 Å². The lowest BCUT2D eigenvalue weighted by Crippen LogP contribution is -2.10. The van der Waals surface area contributed by atoms with E-state index >= 15 is 0 Å². The molecular weight excluding hydrogens is 659 g/mol. The van der Waals surface area contributed by atoms with E-state index in [-0.39, 0.29) is 19.2 Å². The zero-order valence-corrected chi connectivity index (χ0v) is 29.8. The molecule has 1 heterocycles. The predicted octanol–water partition coefficient (Wildman–Crippen LogP) is 8.75. The number of carbonyl (C=O) groups excluding carboxylic acids is 3. The Labute approximate surface area is 296 Å². The molecular formula is C39H51O10P. The second-order valence-corrected chi connectivity index (χ2v) is 12.8. The lowest BCUT2D eigenvalue weighted by Gasteiger charge is -2.12. The van der Waals surface area contributed by atoms with Crippen LogP contribution in [0.25, 0.3) is 24.3 Å². The summed E-state index contributed by atoms with van der Waals surface area (Å²) in [5.41, 5.74) is 3.67. The molecule has 2 aromatic carbocycles. The first-order chi connectivity index (χ1) is 24.2. The van der Waals surface area contributed by atoms with Crippen molar-refractivity contribution in [3.63, 3.8) is 0 Å². The van der Waals surface area contributed by atoms with Crippen LogP contribution in [-0.2, 0) is 42.2 Å². The van der Waals surface area contributed by atoms with E-state index < -0.39 is 19.8 Å². The molecule has 1 fully saturated rings. The summed E-state index contributed by atoms with van der Waals surface area (Å²) in [6, 6.07) is 15.2. The molecule has 11 heteroatoms. The summed E-state index contributed by atoms with van der Waals surface area (Å²) >= 11 is 0. The first-order valence-corrected chi connectivity index (χ1v) is 18.6. The number of unbranched alkanes of at least 4 members (excludes halogenated alkanes) is 6. The van der Waals surface area contributed by atoms with Crippen LogP contribution in [0.4, 0.5) is 0 Å². The maximum atomic E-state index is 12.0. The van der Waals surface area contributed by atoms with Gasteiger partial charge in [0.25, 0.3) is 0 Å². The third-order valence-corrected chi connectivity index (χ3v) is 8.36. The summed E-state index contributed by atoms with van der Waals surface area (Å²) in [4.78, 5) is 43.8. The molecule has 50 heavy (non-hydrogen) atoms. The molecule has 0 spiro atoms. The van der Waals surface area contributed by atoms with Crippen molar-refractivity contribution < 1.29 is 47.1 Å². The summed E-state index contributed by atoms with van der Waals surface area (Å²) in [6.45, 7) is 8.98. The Morgan fingerprint density at radius 2 is 1.10 bits per heavy atom. The van der Waals surface area contributed by atoms with Gasteiger partial charge in [0.05, 0.1) is 33.0 Å². The van der Waals surface area contributed by atoms with Crippen LogP contribution in [0, 0.1) is 0 Å². The molecule has 2 aromatic rings. The number of carbonyl (C=O) groups is 3. The van der Waals surface area contributed by atoms with Gasteiger partial charge in [-0.2, -0.15) is 0 Å². The first kappa shape index (κ1) is 42.1. The molecule has 3 rings (SSSR count). The molecule has 1 saturated heterocycles. The fraction of sp³-hybridized carbons (Fsp3) is 0.410. The van der Waals surface area contributed by atoms with E-state index in [1.807, 2.05) is 48.5 Å². The van der Waals surface area contributed by atoms with E-state index in [1.165, 1.54) is 12.2 Å². The van der Waals surface area contributed by atoms with E-state index in [2.05, 4.69) is 17.9 Å². The SMILES string of the molecule is C=Cc1ccccc1C=CC(=O)OCCCCCCOP(=O)(O)OCCCCCCOC(=O)C=Cc1ccccc1C=C.O=C1CCCCO1. The monoisotopic (exact) mass is 710 g/mol. The number of phosphoric ester groups is 1. The number of phosphoric acid groups is 1. The van der Waals surface area contributed by atoms with Crippen LogP contribution in [0.1, 0.15) is 92.9 Å². The van der Waals surface area contributed by atoms with Gasteiger partial charge in [0.2, 0.25) is 0 Å². The van der Waals surface area contributed by atoms with Crippen LogP contribution < -0.4 is 0 Å². The number of benzene rings is 2. The Morgan fingerprint density at radius 1 is 0.680 bits per heavy atom. The number of rotatable bonds is 22. The Kier molecular flexibility index (Phi) is 21.7.